The summed E-state index contributed by atoms with van der Waals surface area (Å²) in [5, 5.41) is 12.4. The van der Waals surface area contributed by atoms with Crippen LogP contribution in [0.15, 0.2) is 115 Å². The van der Waals surface area contributed by atoms with Gasteiger partial charge in [0.2, 0.25) is 11.8 Å². The number of carbonyl (C=O) groups is 2. The maximum absolute atomic E-state index is 13.9. The van der Waals surface area contributed by atoms with E-state index in [1.807, 2.05) is 110 Å². The fourth-order valence-corrected chi connectivity index (χ4v) is 5.32. The highest BCUT2D eigenvalue weighted by Crippen LogP contribution is 2.21. The molecule has 0 aliphatic rings. The molecule has 0 bridgehead atoms. The van der Waals surface area contributed by atoms with Crippen molar-refractivity contribution >= 4 is 23.2 Å². The van der Waals surface area contributed by atoms with Gasteiger partial charge in [0.05, 0.1) is 12.1 Å². The Hall–Kier alpha value is -4.07. The van der Waals surface area contributed by atoms with Crippen molar-refractivity contribution in [3.05, 3.63) is 137 Å². The van der Waals surface area contributed by atoms with Gasteiger partial charge < -0.3 is 10.6 Å². The van der Waals surface area contributed by atoms with Crippen molar-refractivity contribution in [1.82, 2.24) is 20.9 Å². The molecule has 0 saturated heterocycles. The molecule has 4 aromatic rings. The van der Waals surface area contributed by atoms with Gasteiger partial charge in [0.1, 0.15) is 11.0 Å². The minimum atomic E-state index is -0.782. The average Bonchev–Trinajstić information content (AvgIpc) is 3.53. The van der Waals surface area contributed by atoms with Crippen LogP contribution in [0.25, 0.3) is 0 Å². The molecule has 212 valence electrons. The monoisotopic (exact) mass is 566 g/mol. The van der Waals surface area contributed by atoms with E-state index in [0.717, 1.165) is 21.7 Å². The molecule has 2 amide bonds. The third-order valence-electron chi connectivity index (χ3n) is 6.92. The second-order valence-electron chi connectivity index (χ2n) is 10.7. The Bertz CT molecular complexity index is 1380. The van der Waals surface area contributed by atoms with Gasteiger partial charge in [-0.25, -0.2) is 4.98 Å². The Morgan fingerprint density at radius 1 is 0.780 bits per heavy atom. The molecule has 0 aliphatic heterocycles. The van der Waals surface area contributed by atoms with Gasteiger partial charge in [-0.2, -0.15) is 0 Å². The number of benzene rings is 3. The lowest BCUT2D eigenvalue weighted by Crippen LogP contribution is -2.57. The van der Waals surface area contributed by atoms with Crippen LogP contribution in [0.3, 0.4) is 0 Å². The molecular formula is C34H38N4O2S. The van der Waals surface area contributed by atoms with Crippen LogP contribution in [-0.4, -0.2) is 34.4 Å². The minimum Gasteiger partial charge on any atom is -0.345 e. The van der Waals surface area contributed by atoms with E-state index in [-0.39, 0.29) is 17.9 Å². The zero-order valence-corrected chi connectivity index (χ0v) is 24.4. The van der Waals surface area contributed by atoms with Gasteiger partial charge in [-0.05, 0) is 43.4 Å². The molecular weight excluding hydrogens is 528 g/mol. The third kappa shape index (κ3) is 9.23. The van der Waals surface area contributed by atoms with Crippen LogP contribution in [0.5, 0.6) is 0 Å². The average molecular weight is 567 g/mol. The van der Waals surface area contributed by atoms with Crippen molar-refractivity contribution < 1.29 is 9.59 Å². The first kappa shape index (κ1) is 29.9. The quantitative estimate of drug-likeness (QED) is 0.178. The third-order valence-corrected chi connectivity index (χ3v) is 7.81. The number of aromatic nitrogens is 1. The predicted octanol–water partition coefficient (Wildman–Crippen LogP) is 5.44. The van der Waals surface area contributed by atoms with Gasteiger partial charge in [0.15, 0.2) is 0 Å². The normalized spacial score (nSPS) is 13.5. The number of hydrogen-bond acceptors (Lipinski definition) is 5. The van der Waals surface area contributed by atoms with Crippen LogP contribution in [-0.2, 0) is 28.9 Å². The van der Waals surface area contributed by atoms with E-state index in [9.17, 15) is 9.59 Å². The molecule has 3 aromatic carbocycles. The van der Waals surface area contributed by atoms with Gasteiger partial charge in [-0.15, -0.1) is 17.9 Å². The number of hydrogen-bond donors (Lipinski definition) is 3. The van der Waals surface area contributed by atoms with Crippen molar-refractivity contribution in [3.8, 4) is 0 Å². The summed E-state index contributed by atoms with van der Waals surface area (Å²) in [4.78, 5) is 32.3. The summed E-state index contributed by atoms with van der Waals surface area (Å²) < 4.78 is 0. The second-order valence-corrected chi connectivity index (χ2v) is 11.6. The van der Waals surface area contributed by atoms with Gasteiger partial charge in [0, 0.05) is 23.5 Å². The van der Waals surface area contributed by atoms with E-state index in [0.29, 0.717) is 19.3 Å². The molecule has 4 rings (SSSR count). The van der Waals surface area contributed by atoms with Gasteiger partial charge >= 0.3 is 0 Å². The number of rotatable bonds is 14. The summed E-state index contributed by atoms with van der Waals surface area (Å²) in [5.74, 6) is -0.492. The second kappa shape index (κ2) is 14.5. The van der Waals surface area contributed by atoms with Crippen molar-refractivity contribution in [2.45, 2.75) is 56.8 Å². The number of thiazole rings is 1. The lowest BCUT2D eigenvalue weighted by molar-refractivity contribution is -0.130. The van der Waals surface area contributed by atoms with E-state index in [1.165, 1.54) is 11.3 Å². The molecule has 0 aliphatic carbocycles. The summed E-state index contributed by atoms with van der Waals surface area (Å²) in [6.07, 6.45) is 4.96. The molecule has 41 heavy (non-hydrogen) atoms. The zero-order chi connectivity index (χ0) is 29.1. The van der Waals surface area contributed by atoms with Gasteiger partial charge in [-0.3, -0.25) is 14.9 Å². The van der Waals surface area contributed by atoms with Crippen LogP contribution in [0.1, 0.15) is 41.6 Å². The lowest BCUT2D eigenvalue weighted by atomic mass is 9.98. The highest BCUT2D eigenvalue weighted by Gasteiger charge is 2.30. The minimum absolute atomic E-state index is 0.242. The number of nitrogens with zero attached hydrogens (tertiary/aromatic N) is 1. The maximum Gasteiger partial charge on any atom is 0.243 e. The topological polar surface area (TPSA) is 83.1 Å². The Balaban J connectivity index is 1.58. The molecule has 6 nitrogen and oxygen atoms in total. The fraction of sp³-hybridized carbons (Fsp3) is 0.265. The van der Waals surface area contributed by atoms with E-state index >= 15 is 0 Å². The standard InChI is InChI=1S/C34H38N4O2S/c1-4-34(2,3)38-29(23-26-16-10-6-11-17-26)32(40)36-28(22-25-14-8-5-9-15-25)31(39)37-30(33-35-20-21-41-33)24-27-18-12-7-13-19-27/h4-21,28-30,38H,1,22-24H2,2-3H3,(H,36,40)(H,37,39)/t28-,29-,30-/m0/s1. The van der Waals surface area contributed by atoms with Crippen molar-refractivity contribution in [2.24, 2.45) is 0 Å². The Labute approximate surface area is 246 Å². The lowest BCUT2D eigenvalue weighted by Gasteiger charge is -2.30. The van der Waals surface area contributed by atoms with Crippen LogP contribution in [0, 0.1) is 0 Å². The fourth-order valence-electron chi connectivity index (χ4n) is 4.63. The Morgan fingerprint density at radius 3 is 1.76 bits per heavy atom. The summed E-state index contributed by atoms with van der Waals surface area (Å²) in [6, 6.07) is 28.0. The maximum atomic E-state index is 13.9. The molecule has 0 fully saturated rings. The summed E-state index contributed by atoms with van der Waals surface area (Å²) in [5.41, 5.74) is 2.59. The van der Waals surface area contributed by atoms with E-state index < -0.39 is 17.6 Å². The van der Waals surface area contributed by atoms with Gasteiger partial charge in [-0.1, -0.05) is 97.1 Å². The first-order chi connectivity index (χ1) is 19.8. The summed E-state index contributed by atoms with van der Waals surface area (Å²) in [6.45, 7) is 7.87. The summed E-state index contributed by atoms with van der Waals surface area (Å²) in [7, 11) is 0. The number of amides is 2. The SMILES string of the molecule is C=CC(C)(C)N[C@@H](Cc1ccccc1)C(=O)N[C@@H](Cc1ccccc1)C(=O)N[C@@H](Cc1ccccc1)c1nccs1. The van der Waals surface area contributed by atoms with Crippen molar-refractivity contribution in [2.75, 3.05) is 0 Å². The van der Waals surface area contributed by atoms with E-state index in [2.05, 4.69) is 27.5 Å². The predicted molar refractivity (Wildman–Crippen MR) is 167 cm³/mol. The molecule has 3 atom stereocenters. The van der Waals surface area contributed by atoms with Gasteiger partial charge in [0.25, 0.3) is 0 Å². The first-order valence-electron chi connectivity index (χ1n) is 13.9. The molecule has 3 N–H and O–H groups in total. The number of nitrogens with one attached hydrogen (secondary N) is 3. The van der Waals surface area contributed by atoms with E-state index in [4.69, 9.17) is 0 Å². The Kier molecular flexibility index (Phi) is 10.6. The highest BCUT2D eigenvalue weighted by molar-refractivity contribution is 7.09. The highest BCUT2D eigenvalue weighted by atomic mass is 32.1. The van der Waals surface area contributed by atoms with Crippen LogP contribution >= 0.6 is 11.3 Å². The molecule has 1 aromatic heterocycles. The van der Waals surface area contributed by atoms with Crippen molar-refractivity contribution in [1.29, 1.82) is 0 Å². The van der Waals surface area contributed by atoms with Crippen LogP contribution in [0.4, 0.5) is 0 Å². The molecule has 7 heteroatoms. The smallest absolute Gasteiger partial charge is 0.243 e. The van der Waals surface area contributed by atoms with Crippen LogP contribution < -0.4 is 16.0 Å². The molecule has 0 spiro atoms. The summed E-state index contributed by atoms with van der Waals surface area (Å²) >= 11 is 1.50. The largest absolute Gasteiger partial charge is 0.345 e. The van der Waals surface area contributed by atoms with Crippen molar-refractivity contribution in [3.63, 3.8) is 0 Å². The molecule has 0 saturated carbocycles. The Morgan fingerprint density at radius 2 is 1.27 bits per heavy atom. The molecule has 0 radical (unpaired) electrons. The van der Waals surface area contributed by atoms with E-state index in [1.54, 1.807) is 12.3 Å². The van der Waals surface area contributed by atoms with Crippen LogP contribution in [0.2, 0.25) is 0 Å². The molecule has 1 heterocycles. The molecule has 0 unspecified atom stereocenters. The zero-order valence-electron chi connectivity index (χ0n) is 23.6. The number of carbonyl (C=O) groups excluding carboxylic acids is 2. The first-order valence-corrected chi connectivity index (χ1v) is 14.7.